The number of carbonyl (C=O) groups excluding carboxylic acids is 1. The molecule has 0 bridgehead atoms. The van der Waals surface area contributed by atoms with E-state index < -0.39 is 29.4 Å². The third-order valence-electron chi connectivity index (χ3n) is 14.7. The second-order valence-electron chi connectivity index (χ2n) is 18.7. The smallest absolute Gasteiger partial charge is 0.192 e. The molecule has 0 saturated carbocycles. The maximum absolute atomic E-state index is 12.3. The maximum atomic E-state index is 12.3. The lowest BCUT2D eigenvalue weighted by molar-refractivity contribution is -0.353. The zero-order valence-electron chi connectivity index (χ0n) is 33.4. The van der Waals surface area contributed by atoms with Gasteiger partial charge < -0.3 is 43.4 Å². The highest BCUT2D eigenvalue weighted by atomic mass is 16.7. The molecule has 51 heavy (non-hydrogen) atoms. The lowest BCUT2D eigenvalue weighted by Gasteiger charge is -2.50. The number of hydrogen-bond acceptors (Lipinski definition) is 10. The highest BCUT2D eigenvalue weighted by Crippen LogP contribution is 2.57. The van der Waals surface area contributed by atoms with Crippen LogP contribution in [0.5, 0.6) is 0 Å². The molecular weight excluding hydrogens is 652 g/mol. The van der Waals surface area contributed by atoms with Crippen LogP contribution < -0.4 is 0 Å². The van der Waals surface area contributed by atoms with E-state index in [0.717, 1.165) is 57.8 Å². The van der Waals surface area contributed by atoms with Crippen molar-refractivity contribution in [3.05, 3.63) is 0 Å². The fourth-order valence-electron chi connectivity index (χ4n) is 11.4. The van der Waals surface area contributed by atoms with Gasteiger partial charge in [0.25, 0.3) is 0 Å². The van der Waals surface area contributed by atoms with Crippen LogP contribution in [0, 0.1) is 41.4 Å². The van der Waals surface area contributed by atoms with E-state index in [-0.39, 0.29) is 90.1 Å². The Morgan fingerprint density at radius 3 is 2.25 bits per heavy atom. The molecule has 10 nitrogen and oxygen atoms in total. The van der Waals surface area contributed by atoms with Crippen LogP contribution in [-0.4, -0.2) is 101 Å². The second kappa shape index (κ2) is 14.8. The minimum Gasteiger partial charge on any atom is -0.391 e. The fraction of sp³-hybridized carbons (Fsp3) is 0.976. The Labute approximate surface area is 307 Å². The summed E-state index contributed by atoms with van der Waals surface area (Å²) < 4.78 is 47.3. The number of hydrogen-bond donors (Lipinski definition) is 2. The molecule has 0 aromatic carbocycles. The minimum atomic E-state index is -1.54. The first-order valence-electron chi connectivity index (χ1n) is 20.3. The Morgan fingerprint density at radius 1 is 0.863 bits per heavy atom. The lowest BCUT2D eigenvalue weighted by atomic mass is 9.78. The number of carbonyl (C=O) groups is 1. The summed E-state index contributed by atoms with van der Waals surface area (Å²) in [5.41, 5.74) is -1.05. The first-order valence-corrected chi connectivity index (χ1v) is 20.3. The Kier molecular flexibility index (Phi) is 11.6. The van der Waals surface area contributed by atoms with E-state index >= 15 is 0 Å². The van der Waals surface area contributed by atoms with Crippen molar-refractivity contribution >= 4 is 5.78 Å². The molecule has 6 aliphatic rings. The van der Waals surface area contributed by atoms with Crippen molar-refractivity contribution in [2.75, 3.05) is 13.7 Å². The Bertz CT molecular complexity index is 1230. The van der Waals surface area contributed by atoms with E-state index in [2.05, 4.69) is 48.5 Å². The van der Waals surface area contributed by atoms with Gasteiger partial charge in [-0.2, -0.15) is 0 Å². The van der Waals surface area contributed by atoms with Crippen LogP contribution in [0.3, 0.4) is 0 Å². The summed E-state index contributed by atoms with van der Waals surface area (Å²) in [6.45, 7) is 20.6. The number of aliphatic hydroxyl groups is 2. The molecule has 6 rings (SSSR count). The molecule has 0 aromatic rings. The minimum absolute atomic E-state index is 0.0155. The summed E-state index contributed by atoms with van der Waals surface area (Å²) in [6.07, 6.45) is 6.79. The van der Waals surface area contributed by atoms with Gasteiger partial charge in [-0.25, -0.2) is 0 Å². The predicted octanol–water partition coefficient (Wildman–Crippen LogP) is 6.21. The number of rotatable bonds is 9. The van der Waals surface area contributed by atoms with E-state index in [1.807, 2.05) is 13.8 Å². The van der Waals surface area contributed by atoms with Gasteiger partial charge in [0.2, 0.25) is 0 Å². The first kappa shape index (κ1) is 40.0. The van der Waals surface area contributed by atoms with E-state index in [9.17, 15) is 15.0 Å². The van der Waals surface area contributed by atoms with Gasteiger partial charge in [0.05, 0.1) is 66.6 Å². The third-order valence-corrected chi connectivity index (χ3v) is 14.7. The molecule has 1 spiro atoms. The highest BCUT2D eigenvalue weighted by molar-refractivity contribution is 5.78. The molecule has 19 atom stereocenters. The number of ether oxygens (including phenoxy) is 7. The molecule has 294 valence electrons. The largest absolute Gasteiger partial charge is 0.391 e. The van der Waals surface area contributed by atoms with Gasteiger partial charge in [0.1, 0.15) is 5.78 Å². The molecule has 2 N–H and O–H groups in total. The molecule has 2 unspecified atom stereocenters. The van der Waals surface area contributed by atoms with Crippen LogP contribution >= 0.6 is 0 Å². The summed E-state index contributed by atoms with van der Waals surface area (Å²) in [7, 11) is 1.80. The Hall–Kier alpha value is -0.690. The molecule has 10 heteroatoms. The number of Topliss-reactive ketones (excluding diaryl/α,β-unsaturated/α-hetero) is 1. The number of methoxy groups -OCH3 is 1. The van der Waals surface area contributed by atoms with Crippen LogP contribution in [0.2, 0.25) is 0 Å². The summed E-state index contributed by atoms with van der Waals surface area (Å²) in [5.74, 6) is -1.51. The zero-order valence-corrected chi connectivity index (χ0v) is 33.4. The topological polar surface area (TPSA) is 122 Å². The van der Waals surface area contributed by atoms with Crippen molar-refractivity contribution in [1.82, 2.24) is 0 Å². The monoisotopic (exact) mass is 722 g/mol. The normalized spacial score (nSPS) is 54.2. The molecule has 6 fully saturated rings. The van der Waals surface area contributed by atoms with Crippen molar-refractivity contribution in [3.63, 3.8) is 0 Å². The van der Waals surface area contributed by atoms with Gasteiger partial charge in [-0.15, -0.1) is 0 Å². The SMILES string of the molecule is CO[C@@H]1C[C@@H](C[C@H]2CC[C@H](C)[C@H]([C@@H](C)C(C)=O)O2)OC2(O[C@](C)([C@H]3CC[C@@](C)([C@@H]4O[C@@H]([C@H]5O[C@@](O)(CO)[C@@H](C)C[C@@H]5C)C[C@@H]4C)O3)CC2C)[C@@H]1C. The standard InChI is InChI=1S/C41H70O10/c1-22-12-13-30(46-35(22)27(6)29(8)43)18-31-19-32(45-11)28(7)41(48-31)26(5)20-39(10,51-41)34-14-15-38(9,49-34)37-24(3)17-33(47-37)36-23(2)16-25(4)40(44,21-42)50-36/h22-28,30-37,42,44H,12-21H2,1-11H3/t22-,23-,24-,25-,26?,27-,28+,30+,31+,32+,33+,34+,35+,36-,37+,38-,39-,40-,41?/m0/s1. The van der Waals surface area contributed by atoms with Crippen LogP contribution in [0.4, 0.5) is 0 Å². The van der Waals surface area contributed by atoms with Crippen molar-refractivity contribution in [1.29, 1.82) is 0 Å². The van der Waals surface area contributed by atoms with Crippen molar-refractivity contribution in [2.24, 2.45) is 41.4 Å². The molecule has 0 aromatic heterocycles. The molecule has 6 heterocycles. The Balaban J connectivity index is 1.13. The van der Waals surface area contributed by atoms with Gasteiger partial charge in [-0.1, -0.05) is 48.5 Å². The third kappa shape index (κ3) is 7.26. The summed E-state index contributed by atoms with van der Waals surface area (Å²) in [4.78, 5) is 12.3. The zero-order chi connectivity index (χ0) is 37.3. The van der Waals surface area contributed by atoms with Crippen LogP contribution in [-0.2, 0) is 38.0 Å². The Morgan fingerprint density at radius 2 is 1.59 bits per heavy atom. The average molecular weight is 723 g/mol. The van der Waals surface area contributed by atoms with Crippen LogP contribution in [0.25, 0.3) is 0 Å². The van der Waals surface area contributed by atoms with E-state index in [1.165, 1.54) is 0 Å². The fourth-order valence-corrected chi connectivity index (χ4v) is 11.4. The second-order valence-corrected chi connectivity index (χ2v) is 18.7. The van der Waals surface area contributed by atoms with E-state index in [1.54, 1.807) is 14.0 Å². The average Bonchev–Trinajstić information content (AvgIpc) is 3.75. The van der Waals surface area contributed by atoms with Gasteiger partial charge >= 0.3 is 0 Å². The molecule has 0 radical (unpaired) electrons. The molecular formula is C41H70O10. The molecule has 6 saturated heterocycles. The van der Waals surface area contributed by atoms with E-state index in [0.29, 0.717) is 5.92 Å². The predicted molar refractivity (Wildman–Crippen MR) is 192 cm³/mol. The van der Waals surface area contributed by atoms with Crippen molar-refractivity contribution in [2.45, 2.75) is 199 Å². The van der Waals surface area contributed by atoms with Crippen molar-refractivity contribution in [3.8, 4) is 0 Å². The van der Waals surface area contributed by atoms with Gasteiger partial charge in [-0.05, 0) is 83.5 Å². The van der Waals surface area contributed by atoms with Crippen molar-refractivity contribution < 1.29 is 48.2 Å². The molecule has 0 aliphatic carbocycles. The van der Waals surface area contributed by atoms with E-state index in [4.69, 9.17) is 33.2 Å². The van der Waals surface area contributed by atoms with Crippen LogP contribution in [0.15, 0.2) is 0 Å². The quantitative estimate of drug-likeness (QED) is 0.284. The maximum Gasteiger partial charge on any atom is 0.192 e. The van der Waals surface area contributed by atoms with Gasteiger partial charge in [0, 0.05) is 43.6 Å². The lowest BCUT2D eigenvalue weighted by Crippen LogP contribution is -2.58. The van der Waals surface area contributed by atoms with Gasteiger partial charge in [-0.3, -0.25) is 4.79 Å². The van der Waals surface area contributed by atoms with Crippen LogP contribution in [0.1, 0.15) is 127 Å². The molecule has 6 aliphatic heterocycles. The summed E-state index contributed by atoms with van der Waals surface area (Å²) >= 11 is 0. The molecule has 0 amide bonds. The first-order chi connectivity index (χ1) is 23.9. The summed E-state index contributed by atoms with van der Waals surface area (Å²) in [6, 6.07) is 0. The summed E-state index contributed by atoms with van der Waals surface area (Å²) in [5, 5.41) is 21.0. The highest BCUT2D eigenvalue weighted by Gasteiger charge is 2.65. The number of ketones is 1. The number of aliphatic hydroxyl groups excluding tert-OH is 1. The van der Waals surface area contributed by atoms with Gasteiger partial charge in [0.15, 0.2) is 11.6 Å².